The van der Waals surface area contributed by atoms with E-state index in [1.807, 2.05) is 30.3 Å². The van der Waals surface area contributed by atoms with E-state index in [-0.39, 0.29) is 10.5 Å². The van der Waals surface area contributed by atoms with Crippen molar-refractivity contribution < 1.29 is 4.79 Å². The van der Waals surface area contributed by atoms with E-state index in [2.05, 4.69) is 25.8 Å². The molecule has 0 unspecified atom stereocenters. The molecule has 0 aliphatic heterocycles. The van der Waals surface area contributed by atoms with Gasteiger partial charge in [-0.25, -0.2) is 0 Å². The van der Waals surface area contributed by atoms with Gasteiger partial charge in [0.2, 0.25) is 0 Å². The Kier molecular flexibility index (Phi) is 4.78. The smallest absolute Gasteiger partial charge is 0.187 e. The summed E-state index contributed by atoms with van der Waals surface area (Å²) in [5.74, 6) is 0.0331. The molecule has 0 radical (unpaired) electrons. The van der Waals surface area contributed by atoms with Gasteiger partial charge < -0.3 is 0 Å². The standard InChI is InChI=1S/C16H17NOS2/c1-16(2,3)20-15-7-5-4-6-13(15)14(18)9-8-12-10-17-11-19-12/h4-11H,1-3H3/b9-8+. The molecule has 4 heteroatoms. The molecule has 1 aromatic heterocycles. The molecule has 0 aliphatic carbocycles. The molecule has 2 nitrogen and oxygen atoms in total. The van der Waals surface area contributed by atoms with Crippen LogP contribution in [0.15, 0.2) is 46.9 Å². The highest BCUT2D eigenvalue weighted by Gasteiger charge is 2.16. The van der Waals surface area contributed by atoms with E-state index in [1.165, 1.54) is 11.3 Å². The minimum atomic E-state index is 0.0331. The third kappa shape index (κ3) is 4.32. The number of carbonyl (C=O) groups is 1. The van der Waals surface area contributed by atoms with Crippen LogP contribution in [0.3, 0.4) is 0 Å². The predicted octanol–water partition coefficient (Wildman–Crippen LogP) is 4.93. The van der Waals surface area contributed by atoms with Crippen LogP contribution < -0.4 is 0 Å². The van der Waals surface area contributed by atoms with Gasteiger partial charge >= 0.3 is 0 Å². The molecule has 2 aromatic rings. The second-order valence-electron chi connectivity index (χ2n) is 5.31. The Morgan fingerprint density at radius 2 is 2.05 bits per heavy atom. The maximum Gasteiger partial charge on any atom is 0.187 e. The zero-order chi connectivity index (χ0) is 14.6. The van der Waals surface area contributed by atoms with Crippen molar-refractivity contribution in [1.29, 1.82) is 0 Å². The molecule has 0 bridgehead atoms. The Hall–Kier alpha value is -1.39. The van der Waals surface area contributed by atoms with Gasteiger partial charge in [-0.2, -0.15) is 0 Å². The van der Waals surface area contributed by atoms with Crippen molar-refractivity contribution in [1.82, 2.24) is 4.98 Å². The highest BCUT2D eigenvalue weighted by molar-refractivity contribution is 8.00. The Morgan fingerprint density at radius 3 is 2.70 bits per heavy atom. The van der Waals surface area contributed by atoms with E-state index in [9.17, 15) is 4.79 Å². The van der Waals surface area contributed by atoms with Crippen LogP contribution in [0.5, 0.6) is 0 Å². The molecular formula is C16H17NOS2. The lowest BCUT2D eigenvalue weighted by Gasteiger charge is -2.19. The van der Waals surface area contributed by atoms with Gasteiger partial charge in [-0.05, 0) is 24.3 Å². The number of hydrogen-bond donors (Lipinski definition) is 0. The van der Waals surface area contributed by atoms with Crippen LogP contribution in [0.25, 0.3) is 6.08 Å². The van der Waals surface area contributed by atoms with Crippen molar-refractivity contribution in [2.24, 2.45) is 0 Å². The Balaban J connectivity index is 2.21. The highest BCUT2D eigenvalue weighted by atomic mass is 32.2. The molecule has 0 spiro atoms. The molecule has 0 aliphatic rings. The number of aromatic nitrogens is 1. The fraction of sp³-hybridized carbons (Fsp3) is 0.250. The van der Waals surface area contributed by atoms with E-state index >= 15 is 0 Å². The number of rotatable bonds is 4. The summed E-state index contributed by atoms with van der Waals surface area (Å²) in [5, 5.41) is 0. The van der Waals surface area contributed by atoms with Gasteiger partial charge in [0.15, 0.2) is 5.78 Å². The minimum Gasteiger partial charge on any atom is -0.289 e. The summed E-state index contributed by atoms with van der Waals surface area (Å²) in [6.07, 6.45) is 5.19. The van der Waals surface area contributed by atoms with Crippen LogP contribution in [0.4, 0.5) is 0 Å². The molecule has 0 saturated heterocycles. The van der Waals surface area contributed by atoms with Crippen LogP contribution in [-0.4, -0.2) is 15.5 Å². The van der Waals surface area contributed by atoms with Crippen LogP contribution in [0, 0.1) is 0 Å². The summed E-state index contributed by atoms with van der Waals surface area (Å²) < 4.78 is 0.0811. The second kappa shape index (κ2) is 6.37. The van der Waals surface area contributed by atoms with Crippen molar-refractivity contribution in [2.45, 2.75) is 30.4 Å². The number of carbonyl (C=O) groups excluding carboxylic acids is 1. The number of ketones is 1. The van der Waals surface area contributed by atoms with Crippen LogP contribution in [-0.2, 0) is 0 Å². The molecule has 20 heavy (non-hydrogen) atoms. The molecule has 1 aromatic carbocycles. The minimum absolute atomic E-state index is 0.0331. The fourth-order valence-corrected chi connectivity index (χ4v) is 3.24. The first kappa shape index (κ1) is 15.0. The number of hydrogen-bond acceptors (Lipinski definition) is 4. The Morgan fingerprint density at radius 1 is 1.30 bits per heavy atom. The molecule has 104 valence electrons. The molecule has 0 amide bonds. The summed E-state index contributed by atoms with van der Waals surface area (Å²) in [5.41, 5.74) is 2.52. The molecule has 0 saturated carbocycles. The molecular weight excluding hydrogens is 286 g/mol. The molecule has 0 atom stereocenters. The fourth-order valence-electron chi connectivity index (χ4n) is 1.64. The molecule has 2 rings (SSSR count). The monoisotopic (exact) mass is 303 g/mol. The van der Waals surface area contributed by atoms with E-state index in [0.717, 1.165) is 15.3 Å². The highest BCUT2D eigenvalue weighted by Crippen LogP contribution is 2.34. The average Bonchev–Trinajstić information content (AvgIpc) is 2.88. The van der Waals surface area contributed by atoms with Gasteiger partial charge in [-0.3, -0.25) is 9.78 Å². The molecule has 1 heterocycles. The number of nitrogens with zero attached hydrogens (tertiary/aromatic N) is 1. The Labute approximate surface area is 127 Å². The van der Waals surface area contributed by atoms with Crippen molar-refractivity contribution in [3.05, 3.63) is 52.5 Å². The number of allylic oxidation sites excluding steroid dienone is 1. The molecule has 0 N–H and O–H groups in total. The van der Waals surface area contributed by atoms with Crippen molar-refractivity contribution in [2.75, 3.05) is 0 Å². The largest absolute Gasteiger partial charge is 0.289 e. The van der Waals surface area contributed by atoms with Gasteiger partial charge in [0.1, 0.15) is 0 Å². The lowest BCUT2D eigenvalue weighted by molar-refractivity contribution is 0.104. The van der Waals surface area contributed by atoms with Gasteiger partial charge in [0, 0.05) is 26.3 Å². The number of thiazole rings is 1. The maximum absolute atomic E-state index is 12.3. The van der Waals surface area contributed by atoms with Crippen LogP contribution >= 0.6 is 23.1 Å². The maximum atomic E-state index is 12.3. The predicted molar refractivity (Wildman–Crippen MR) is 87.5 cm³/mol. The van der Waals surface area contributed by atoms with Crippen molar-refractivity contribution in [3.8, 4) is 0 Å². The third-order valence-electron chi connectivity index (χ3n) is 2.42. The van der Waals surface area contributed by atoms with Crippen molar-refractivity contribution in [3.63, 3.8) is 0 Å². The summed E-state index contributed by atoms with van der Waals surface area (Å²) in [6, 6.07) is 7.76. The average molecular weight is 303 g/mol. The second-order valence-corrected chi connectivity index (χ2v) is 8.10. The lowest BCUT2D eigenvalue weighted by Crippen LogP contribution is -2.08. The van der Waals surface area contributed by atoms with E-state index in [0.29, 0.717) is 0 Å². The first-order valence-corrected chi connectivity index (χ1v) is 8.04. The first-order chi connectivity index (χ1) is 9.46. The van der Waals surface area contributed by atoms with E-state index in [4.69, 9.17) is 0 Å². The van der Waals surface area contributed by atoms with Crippen LogP contribution in [0.1, 0.15) is 36.0 Å². The quantitative estimate of drug-likeness (QED) is 0.456. The third-order valence-corrected chi connectivity index (χ3v) is 4.35. The summed E-state index contributed by atoms with van der Waals surface area (Å²) in [6.45, 7) is 6.43. The SMILES string of the molecule is CC(C)(C)Sc1ccccc1C(=O)/C=C/c1cncs1. The van der Waals surface area contributed by atoms with Gasteiger partial charge in [0.05, 0.1) is 5.51 Å². The zero-order valence-corrected chi connectivity index (χ0v) is 13.4. The number of thioether (sulfide) groups is 1. The lowest BCUT2D eigenvalue weighted by atomic mass is 10.1. The van der Waals surface area contributed by atoms with Gasteiger partial charge in [0.25, 0.3) is 0 Å². The zero-order valence-electron chi connectivity index (χ0n) is 11.8. The Bertz CT molecular complexity index is 610. The van der Waals surface area contributed by atoms with E-state index < -0.39 is 0 Å². The van der Waals surface area contributed by atoms with E-state index in [1.54, 1.807) is 29.5 Å². The van der Waals surface area contributed by atoms with Gasteiger partial charge in [-0.1, -0.05) is 32.9 Å². The number of benzene rings is 1. The molecule has 0 fully saturated rings. The summed E-state index contributed by atoms with van der Waals surface area (Å²) in [4.78, 5) is 18.3. The van der Waals surface area contributed by atoms with Gasteiger partial charge in [-0.15, -0.1) is 23.1 Å². The van der Waals surface area contributed by atoms with Crippen molar-refractivity contribution >= 4 is 35.0 Å². The topological polar surface area (TPSA) is 30.0 Å². The van der Waals surface area contributed by atoms with Crippen LogP contribution in [0.2, 0.25) is 0 Å². The summed E-state index contributed by atoms with van der Waals surface area (Å²) in [7, 11) is 0. The first-order valence-electron chi connectivity index (χ1n) is 6.35. The summed E-state index contributed by atoms with van der Waals surface area (Å²) >= 11 is 3.23. The normalized spacial score (nSPS) is 11.9.